The molecule has 8 nitrogen and oxygen atoms in total. The zero-order valence-electron chi connectivity index (χ0n) is 19.2. The normalized spacial score (nSPS) is 21.5. The van der Waals surface area contributed by atoms with E-state index < -0.39 is 0 Å². The molecule has 170 valence electrons. The fourth-order valence-corrected chi connectivity index (χ4v) is 5.51. The summed E-state index contributed by atoms with van der Waals surface area (Å²) in [4.78, 5) is 27.1. The highest BCUT2D eigenvalue weighted by atomic mass is 16.5. The number of anilines is 1. The Morgan fingerprint density at radius 3 is 2.19 bits per heavy atom. The highest BCUT2D eigenvalue weighted by Gasteiger charge is 2.43. The summed E-state index contributed by atoms with van der Waals surface area (Å²) in [5.41, 5.74) is 3.12. The van der Waals surface area contributed by atoms with Crippen LogP contribution >= 0.6 is 0 Å². The molecule has 0 N–H and O–H groups in total. The van der Waals surface area contributed by atoms with Gasteiger partial charge in [0.05, 0.1) is 21.3 Å². The number of rotatable bonds is 5. The first-order chi connectivity index (χ1) is 15.5. The minimum atomic E-state index is 0.00368. The molecular weight excluding hydrogens is 408 g/mol. The summed E-state index contributed by atoms with van der Waals surface area (Å²) < 4.78 is 16.2. The van der Waals surface area contributed by atoms with Gasteiger partial charge in [0.1, 0.15) is 11.6 Å². The lowest BCUT2D eigenvalue weighted by molar-refractivity contribution is 0.0781. The number of ether oxygens (including phenoxy) is 3. The highest BCUT2D eigenvalue weighted by Crippen LogP contribution is 2.40. The van der Waals surface area contributed by atoms with Crippen LogP contribution in [-0.2, 0) is 12.8 Å². The minimum Gasteiger partial charge on any atom is -0.493 e. The third-order valence-electron chi connectivity index (χ3n) is 7.01. The molecule has 2 atom stereocenters. The Balaban J connectivity index is 1.32. The molecule has 2 aliphatic heterocycles. The van der Waals surface area contributed by atoms with E-state index in [2.05, 4.69) is 9.88 Å². The van der Waals surface area contributed by atoms with Crippen LogP contribution in [0.3, 0.4) is 0 Å². The first-order valence-corrected chi connectivity index (χ1v) is 11.2. The van der Waals surface area contributed by atoms with E-state index in [1.54, 1.807) is 33.5 Å². The van der Waals surface area contributed by atoms with Crippen LogP contribution in [0.1, 0.15) is 33.9 Å². The van der Waals surface area contributed by atoms with Crippen molar-refractivity contribution in [2.75, 3.05) is 52.4 Å². The predicted octanol–water partition coefficient (Wildman–Crippen LogP) is 2.51. The third kappa shape index (κ3) is 3.42. The zero-order valence-corrected chi connectivity index (χ0v) is 19.2. The Morgan fingerprint density at radius 2 is 1.59 bits per heavy atom. The van der Waals surface area contributed by atoms with Crippen molar-refractivity contribution >= 4 is 11.7 Å². The van der Waals surface area contributed by atoms with Crippen molar-refractivity contribution in [3.63, 3.8) is 0 Å². The largest absolute Gasteiger partial charge is 0.493 e. The maximum atomic E-state index is 13.3. The quantitative estimate of drug-likeness (QED) is 0.710. The number of likely N-dealkylation sites (tertiary alicyclic amines) is 1. The number of amides is 1. The zero-order chi connectivity index (χ0) is 22.4. The van der Waals surface area contributed by atoms with Crippen LogP contribution in [0.2, 0.25) is 0 Å². The van der Waals surface area contributed by atoms with Crippen molar-refractivity contribution in [3.8, 4) is 17.2 Å². The number of carbonyl (C=O) groups excluding carboxylic acids is 1. The number of nitrogens with zero attached hydrogens (tertiary/aromatic N) is 4. The predicted molar refractivity (Wildman–Crippen MR) is 120 cm³/mol. The van der Waals surface area contributed by atoms with E-state index in [9.17, 15) is 4.79 Å². The van der Waals surface area contributed by atoms with E-state index >= 15 is 0 Å². The molecule has 3 heterocycles. The highest BCUT2D eigenvalue weighted by molar-refractivity contribution is 5.96. The number of hydrogen-bond donors (Lipinski definition) is 0. The number of methoxy groups -OCH3 is 3. The number of hydrogen-bond acceptors (Lipinski definition) is 7. The second-order valence-electron chi connectivity index (χ2n) is 8.92. The van der Waals surface area contributed by atoms with Gasteiger partial charge in [-0.1, -0.05) is 0 Å². The fourth-order valence-electron chi connectivity index (χ4n) is 5.51. The van der Waals surface area contributed by atoms with E-state index in [1.807, 2.05) is 11.8 Å². The average molecular weight is 439 g/mol. The van der Waals surface area contributed by atoms with E-state index in [1.165, 1.54) is 11.3 Å². The summed E-state index contributed by atoms with van der Waals surface area (Å²) >= 11 is 0. The van der Waals surface area contributed by atoms with Gasteiger partial charge in [-0.3, -0.25) is 4.79 Å². The van der Waals surface area contributed by atoms with Crippen LogP contribution < -0.4 is 19.1 Å². The first-order valence-electron chi connectivity index (χ1n) is 11.2. The van der Waals surface area contributed by atoms with E-state index in [4.69, 9.17) is 19.2 Å². The molecule has 0 radical (unpaired) electrons. The van der Waals surface area contributed by atoms with Crippen LogP contribution in [0.5, 0.6) is 17.2 Å². The Kier molecular flexibility index (Phi) is 5.31. The molecule has 2 aromatic rings. The smallest absolute Gasteiger partial charge is 0.254 e. The van der Waals surface area contributed by atoms with Crippen molar-refractivity contribution in [2.24, 2.45) is 11.8 Å². The Morgan fingerprint density at radius 1 is 0.938 bits per heavy atom. The lowest BCUT2D eigenvalue weighted by atomic mass is 10.0. The lowest BCUT2D eigenvalue weighted by Crippen LogP contribution is -2.34. The summed E-state index contributed by atoms with van der Waals surface area (Å²) in [5, 5.41) is 0. The van der Waals surface area contributed by atoms with Crippen molar-refractivity contribution in [1.82, 2.24) is 14.9 Å². The molecule has 2 fully saturated rings. The van der Waals surface area contributed by atoms with Gasteiger partial charge in [-0.15, -0.1) is 0 Å². The molecule has 1 aromatic heterocycles. The standard InChI is InChI=1S/C24H30N4O4/c1-14-25-19-7-5-6-18(19)23(26-14)27-10-16-12-28(13-17(16)11-27)24(29)15-8-20(30-2)22(32-4)21(9-15)31-3/h8-9,16-17H,5-7,10-13H2,1-4H3. The van der Waals surface area contributed by atoms with Gasteiger partial charge in [0.25, 0.3) is 5.91 Å². The summed E-state index contributed by atoms with van der Waals surface area (Å²) in [5.74, 6) is 4.38. The average Bonchev–Trinajstić information content (AvgIpc) is 3.51. The molecule has 1 aromatic carbocycles. The third-order valence-corrected chi connectivity index (χ3v) is 7.01. The Bertz CT molecular complexity index is 1020. The van der Waals surface area contributed by atoms with Crippen molar-refractivity contribution in [3.05, 3.63) is 34.8 Å². The molecule has 8 heteroatoms. The molecular formula is C24H30N4O4. The summed E-state index contributed by atoms with van der Waals surface area (Å²) in [7, 11) is 4.68. The molecule has 5 rings (SSSR count). The van der Waals surface area contributed by atoms with Gasteiger partial charge in [-0.25, -0.2) is 9.97 Å². The van der Waals surface area contributed by atoms with Crippen LogP contribution in [0.4, 0.5) is 5.82 Å². The van der Waals surface area contributed by atoms with Crippen LogP contribution in [0.15, 0.2) is 12.1 Å². The summed E-state index contributed by atoms with van der Waals surface area (Å²) in [6, 6.07) is 3.47. The van der Waals surface area contributed by atoms with Crippen molar-refractivity contribution in [1.29, 1.82) is 0 Å². The number of benzene rings is 1. The molecule has 0 saturated carbocycles. The molecule has 32 heavy (non-hydrogen) atoms. The van der Waals surface area contributed by atoms with Gasteiger partial charge in [0.15, 0.2) is 11.5 Å². The fraction of sp³-hybridized carbons (Fsp3) is 0.542. The molecule has 2 saturated heterocycles. The van der Waals surface area contributed by atoms with Gasteiger partial charge in [-0.05, 0) is 38.3 Å². The molecule has 1 aliphatic carbocycles. The van der Waals surface area contributed by atoms with E-state index in [0.29, 0.717) is 34.6 Å². The number of aromatic nitrogens is 2. The van der Waals surface area contributed by atoms with Crippen LogP contribution in [-0.4, -0.2) is 68.3 Å². The van der Waals surface area contributed by atoms with Crippen molar-refractivity contribution < 1.29 is 19.0 Å². The molecule has 3 aliphatic rings. The summed E-state index contributed by atoms with van der Waals surface area (Å²) in [6.45, 7) is 5.36. The maximum Gasteiger partial charge on any atom is 0.254 e. The molecule has 0 spiro atoms. The second-order valence-corrected chi connectivity index (χ2v) is 8.92. The van der Waals surface area contributed by atoms with Gasteiger partial charge in [0.2, 0.25) is 5.75 Å². The van der Waals surface area contributed by atoms with Gasteiger partial charge in [-0.2, -0.15) is 0 Å². The first kappa shape index (κ1) is 20.8. The topological polar surface area (TPSA) is 77.0 Å². The Labute approximate surface area is 188 Å². The summed E-state index contributed by atoms with van der Waals surface area (Å²) in [6.07, 6.45) is 3.30. The molecule has 2 unspecified atom stereocenters. The van der Waals surface area contributed by atoms with Gasteiger partial charge >= 0.3 is 0 Å². The number of aryl methyl sites for hydroxylation is 2. The maximum absolute atomic E-state index is 13.3. The minimum absolute atomic E-state index is 0.00368. The van der Waals surface area contributed by atoms with E-state index in [-0.39, 0.29) is 5.91 Å². The van der Waals surface area contributed by atoms with Crippen LogP contribution in [0, 0.1) is 18.8 Å². The van der Waals surface area contributed by atoms with Gasteiger partial charge < -0.3 is 24.0 Å². The molecule has 0 bridgehead atoms. The second kappa shape index (κ2) is 8.15. The number of fused-ring (bicyclic) bond motifs is 2. The SMILES string of the molecule is COc1cc(C(=O)N2CC3CN(c4nc(C)nc5c4CCC5)CC3C2)cc(OC)c1OC. The van der Waals surface area contributed by atoms with Crippen molar-refractivity contribution in [2.45, 2.75) is 26.2 Å². The monoisotopic (exact) mass is 438 g/mol. The lowest BCUT2D eigenvalue weighted by Gasteiger charge is -2.24. The number of carbonyl (C=O) groups is 1. The molecule has 1 amide bonds. The van der Waals surface area contributed by atoms with Gasteiger partial charge in [0, 0.05) is 54.8 Å². The Hall–Kier alpha value is -3.03. The van der Waals surface area contributed by atoms with E-state index in [0.717, 1.165) is 57.1 Å². The van der Waals surface area contributed by atoms with Crippen LogP contribution in [0.25, 0.3) is 0 Å².